The molecule has 9 heteroatoms. The smallest absolute Gasteiger partial charge is 0.234 e. The zero-order valence-electron chi connectivity index (χ0n) is 16.6. The molecule has 0 bridgehead atoms. The zero-order chi connectivity index (χ0) is 20.3. The number of aryl methyl sites for hydroxylation is 2. The molecule has 5 rings (SSSR count). The lowest BCUT2D eigenvalue weighted by molar-refractivity contribution is 0.747. The maximum Gasteiger partial charge on any atom is 0.234 e. The van der Waals surface area contributed by atoms with Gasteiger partial charge in [-0.25, -0.2) is 9.97 Å². The average molecular weight is 399 g/mol. The van der Waals surface area contributed by atoms with E-state index >= 15 is 0 Å². The van der Waals surface area contributed by atoms with Crippen LogP contribution in [0.15, 0.2) is 48.8 Å². The number of nitrogens with one attached hydrogen (secondary N) is 2. The van der Waals surface area contributed by atoms with E-state index in [0.29, 0.717) is 24.1 Å². The van der Waals surface area contributed by atoms with Crippen LogP contribution in [0.5, 0.6) is 0 Å². The molecule has 0 unspecified atom stereocenters. The van der Waals surface area contributed by atoms with Crippen LogP contribution >= 0.6 is 0 Å². The molecule has 0 spiro atoms. The second-order valence-electron chi connectivity index (χ2n) is 7.33. The zero-order valence-corrected chi connectivity index (χ0v) is 16.6. The van der Waals surface area contributed by atoms with Gasteiger partial charge >= 0.3 is 0 Å². The third kappa shape index (κ3) is 3.82. The molecule has 2 N–H and O–H groups in total. The summed E-state index contributed by atoms with van der Waals surface area (Å²) >= 11 is 0. The number of tetrazole rings is 1. The Morgan fingerprint density at radius 2 is 2.10 bits per heavy atom. The normalized spacial score (nSPS) is 13.2. The van der Waals surface area contributed by atoms with E-state index in [1.807, 2.05) is 24.3 Å². The second kappa shape index (κ2) is 7.86. The number of fused-ring (bicyclic) bond motifs is 1. The van der Waals surface area contributed by atoms with Crippen LogP contribution in [0.3, 0.4) is 0 Å². The molecule has 4 aromatic rings. The Kier molecular flexibility index (Phi) is 4.76. The topological polar surface area (TPSA) is 108 Å². The Hall–Kier alpha value is -3.88. The molecule has 0 atom stereocenters. The van der Waals surface area contributed by atoms with Gasteiger partial charge in [0.25, 0.3) is 0 Å². The molecular formula is C21H21N9. The SMILES string of the molecule is Cc1ccc2c(c1)CCCN2c1ncnc(Nc2cccc(Cc3nn[nH]n3)c2)n1. The largest absolute Gasteiger partial charge is 0.324 e. The van der Waals surface area contributed by atoms with Crippen molar-refractivity contribution in [2.24, 2.45) is 0 Å². The van der Waals surface area contributed by atoms with E-state index in [2.05, 4.69) is 70.9 Å². The molecular weight excluding hydrogens is 378 g/mol. The number of nitrogens with zero attached hydrogens (tertiary/aromatic N) is 7. The molecule has 1 aliphatic heterocycles. The Labute approximate surface area is 173 Å². The van der Waals surface area contributed by atoms with Crippen LogP contribution in [0.1, 0.15) is 28.9 Å². The number of aromatic nitrogens is 7. The molecule has 2 aromatic heterocycles. The van der Waals surface area contributed by atoms with E-state index in [4.69, 9.17) is 0 Å². The molecule has 2 aromatic carbocycles. The van der Waals surface area contributed by atoms with Crippen molar-refractivity contribution < 1.29 is 0 Å². The summed E-state index contributed by atoms with van der Waals surface area (Å²) in [6.07, 6.45) is 4.30. The lowest BCUT2D eigenvalue weighted by Crippen LogP contribution is -2.26. The summed E-state index contributed by atoms with van der Waals surface area (Å²) in [5.74, 6) is 1.81. The highest BCUT2D eigenvalue weighted by Crippen LogP contribution is 2.32. The first-order valence-electron chi connectivity index (χ1n) is 9.89. The van der Waals surface area contributed by atoms with Crippen molar-refractivity contribution in [1.29, 1.82) is 0 Å². The monoisotopic (exact) mass is 399 g/mol. The highest BCUT2D eigenvalue weighted by molar-refractivity contribution is 5.65. The van der Waals surface area contributed by atoms with Crippen LogP contribution in [-0.4, -0.2) is 42.1 Å². The average Bonchev–Trinajstić information content (AvgIpc) is 3.26. The summed E-state index contributed by atoms with van der Waals surface area (Å²) in [6.45, 7) is 3.01. The maximum absolute atomic E-state index is 4.67. The quantitative estimate of drug-likeness (QED) is 0.527. The van der Waals surface area contributed by atoms with Crippen molar-refractivity contribution in [2.75, 3.05) is 16.8 Å². The molecule has 3 heterocycles. The van der Waals surface area contributed by atoms with Crippen LogP contribution in [0.4, 0.5) is 23.3 Å². The highest BCUT2D eigenvalue weighted by atomic mass is 15.5. The number of anilines is 4. The molecule has 0 fully saturated rings. The molecule has 150 valence electrons. The summed E-state index contributed by atoms with van der Waals surface area (Å²) in [5.41, 5.74) is 5.74. The van der Waals surface area contributed by atoms with E-state index in [9.17, 15) is 0 Å². The van der Waals surface area contributed by atoms with Crippen LogP contribution < -0.4 is 10.2 Å². The van der Waals surface area contributed by atoms with Crippen molar-refractivity contribution in [3.63, 3.8) is 0 Å². The highest BCUT2D eigenvalue weighted by Gasteiger charge is 2.20. The molecule has 0 aliphatic carbocycles. The van der Waals surface area contributed by atoms with Crippen LogP contribution in [0.2, 0.25) is 0 Å². The summed E-state index contributed by atoms with van der Waals surface area (Å²) in [4.78, 5) is 15.6. The fourth-order valence-electron chi connectivity index (χ4n) is 3.74. The van der Waals surface area contributed by atoms with Crippen LogP contribution in [0, 0.1) is 6.92 Å². The molecule has 30 heavy (non-hydrogen) atoms. The standard InChI is InChI=1S/C21H21N9/c1-14-7-8-18-16(10-14)5-3-9-30(18)21-23-13-22-20(25-21)24-17-6-2-4-15(11-17)12-19-26-28-29-27-19/h2,4,6-8,10-11,13H,3,5,9,12H2,1H3,(H,22,23,24,25)(H,26,27,28,29). The van der Waals surface area contributed by atoms with E-state index < -0.39 is 0 Å². The lowest BCUT2D eigenvalue weighted by Gasteiger charge is -2.29. The minimum Gasteiger partial charge on any atom is -0.324 e. The predicted molar refractivity (Wildman–Crippen MR) is 113 cm³/mol. The van der Waals surface area contributed by atoms with Gasteiger partial charge in [0, 0.05) is 24.3 Å². The Morgan fingerprint density at radius 3 is 3.00 bits per heavy atom. The summed E-state index contributed by atoms with van der Waals surface area (Å²) < 4.78 is 0. The first-order chi connectivity index (χ1) is 14.7. The number of hydrogen-bond acceptors (Lipinski definition) is 8. The fourth-order valence-corrected chi connectivity index (χ4v) is 3.74. The van der Waals surface area contributed by atoms with Crippen molar-refractivity contribution in [2.45, 2.75) is 26.2 Å². The summed E-state index contributed by atoms with van der Waals surface area (Å²) in [6, 6.07) is 14.5. The summed E-state index contributed by atoms with van der Waals surface area (Å²) in [5, 5.41) is 17.4. The van der Waals surface area contributed by atoms with Crippen molar-refractivity contribution in [1.82, 2.24) is 35.6 Å². The van der Waals surface area contributed by atoms with Gasteiger partial charge in [-0.3, -0.25) is 0 Å². The molecule has 9 nitrogen and oxygen atoms in total. The second-order valence-corrected chi connectivity index (χ2v) is 7.33. The van der Waals surface area contributed by atoms with Gasteiger partial charge in [-0.15, -0.1) is 10.2 Å². The van der Waals surface area contributed by atoms with Gasteiger partial charge in [-0.05, 0) is 49.1 Å². The first kappa shape index (κ1) is 18.2. The Bertz CT molecular complexity index is 1160. The molecule has 0 radical (unpaired) electrons. The van der Waals surface area contributed by atoms with Crippen LogP contribution in [0.25, 0.3) is 0 Å². The molecule has 0 saturated heterocycles. The van der Waals surface area contributed by atoms with E-state index in [1.165, 1.54) is 16.8 Å². The van der Waals surface area contributed by atoms with Crippen molar-refractivity contribution in [3.8, 4) is 0 Å². The van der Waals surface area contributed by atoms with Gasteiger partial charge in [-0.2, -0.15) is 10.2 Å². The lowest BCUT2D eigenvalue weighted by atomic mass is 10.00. The number of aromatic amines is 1. The van der Waals surface area contributed by atoms with E-state index in [-0.39, 0.29) is 0 Å². The van der Waals surface area contributed by atoms with Crippen molar-refractivity contribution >= 4 is 23.3 Å². The third-order valence-electron chi connectivity index (χ3n) is 5.09. The Balaban J connectivity index is 1.38. The molecule has 0 saturated carbocycles. The number of rotatable bonds is 5. The van der Waals surface area contributed by atoms with Crippen molar-refractivity contribution in [3.05, 3.63) is 71.3 Å². The maximum atomic E-state index is 4.67. The van der Waals surface area contributed by atoms with Crippen LogP contribution in [-0.2, 0) is 12.8 Å². The van der Waals surface area contributed by atoms with E-state index in [0.717, 1.165) is 30.6 Å². The van der Waals surface area contributed by atoms with Gasteiger partial charge in [-0.1, -0.05) is 35.0 Å². The first-order valence-corrected chi connectivity index (χ1v) is 9.89. The third-order valence-corrected chi connectivity index (χ3v) is 5.09. The predicted octanol–water partition coefficient (Wildman–Crippen LogP) is 3.11. The number of hydrogen-bond donors (Lipinski definition) is 2. The van der Waals surface area contributed by atoms with Gasteiger partial charge in [0.1, 0.15) is 6.33 Å². The van der Waals surface area contributed by atoms with Gasteiger partial charge in [0.2, 0.25) is 11.9 Å². The molecule has 1 aliphatic rings. The summed E-state index contributed by atoms with van der Waals surface area (Å²) in [7, 11) is 0. The minimum atomic E-state index is 0.510. The van der Waals surface area contributed by atoms with E-state index in [1.54, 1.807) is 6.33 Å². The minimum absolute atomic E-state index is 0.510. The molecule has 0 amide bonds. The Morgan fingerprint density at radius 1 is 1.13 bits per heavy atom. The van der Waals surface area contributed by atoms with Gasteiger partial charge < -0.3 is 10.2 Å². The fraction of sp³-hybridized carbons (Fsp3) is 0.238. The number of H-pyrrole nitrogens is 1. The number of benzene rings is 2. The van der Waals surface area contributed by atoms with Gasteiger partial charge in [0.05, 0.1) is 0 Å². The van der Waals surface area contributed by atoms with Gasteiger partial charge in [0.15, 0.2) is 5.82 Å².